The Morgan fingerprint density at radius 1 is 1.25 bits per heavy atom. The predicted molar refractivity (Wildman–Crippen MR) is 101 cm³/mol. The number of carbonyl (C=O) groups is 3. The number of carboxylic acid groups (broad SMARTS) is 1. The van der Waals surface area contributed by atoms with Gasteiger partial charge in [0.15, 0.2) is 17.8 Å². The molecule has 2 rings (SSSR count). The molecule has 154 valence electrons. The van der Waals surface area contributed by atoms with Gasteiger partial charge >= 0.3 is 12.1 Å². The average Bonchev–Trinajstić information content (AvgIpc) is 3.08. The van der Waals surface area contributed by atoms with Crippen molar-refractivity contribution in [3.05, 3.63) is 24.3 Å². The number of ether oxygens (including phenoxy) is 3. The second-order valence-electron chi connectivity index (χ2n) is 7.67. The molecule has 8 nitrogen and oxygen atoms in total. The van der Waals surface area contributed by atoms with Crippen LogP contribution >= 0.6 is 0 Å². The quantitative estimate of drug-likeness (QED) is 0.561. The van der Waals surface area contributed by atoms with Crippen molar-refractivity contribution in [2.24, 2.45) is 0 Å². The van der Waals surface area contributed by atoms with Crippen molar-refractivity contribution in [2.45, 2.75) is 57.8 Å². The van der Waals surface area contributed by atoms with Crippen LogP contribution in [-0.4, -0.2) is 58.8 Å². The Labute approximate surface area is 164 Å². The fourth-order valence-electron chi connectivity index (χ4n) is 2.75. The first-order valence-corrected chi connectivity index (χ1v) is 9.22. The first kappa shape index (κ1) is 21.5. The molecule has 0 bridgehead atoms. The Kier molecular flexibility index (Phi) is 6.53. The molecule has 1 aliphatic heterocycles. The SMILES string of the molecule is CCC(C=O)(Oc1ccccc1O[C@H]1CCN(C(=O)OC(C)(C)C)C1)C(=O)O. The molecular weight excluding hydrogens is 366 g/mol. The number of nitrogens with zero attached hydrogens (tertiary/aromatic N) is 1. The Balaban J connectivity index is 2.09. The predicted octanol–water partition coefficient (Wildman–Crippen LogP) is 2.89. The van der Waals surface area contributed by atoms with Crippen LogP contribution in [0.25, 0.3) is 0 Å². The summed E-state index contributed by atoms with van der Waals surface area (Å²) >= 11 is 0. The number of carboxylic acids is 1. The van der Waals surface area contributed by atoms with E-state index < -0.39 is 23.3 Å². The third kappa shape index (κ3) is 5.15. The number of benzene rings is 1. The minimum Gasteiger partial charge on any atom is -0.485 e. The fraction of sp³-hybridized carbons (Fsp3) is 0.550. The Morgan fingerprint density at radius 3 is 2.43 bits per heavy atom. The summed E-state index contributed by atoms with van der Waals surface area (Å²) in [5.41, 5.74) is -2.55. The van der Waals surface area contributed by atoms with Gasteiger partial charge in [0.1, 0.15) is 11.7 Å². The Bertz CT molecular complexity index is 728. The lowest BCUT2D eigenvalue weighted by atomic mass is 10.0. The van der Waals surface area contributed by atoms with Crippen LogP contribution in [0.3, 0.4) is 0 Å². The van der Waals surface area contributed by atoms with Crippen molar-refractivity contribution in [1.29, 1.82) is 0 Å². The summed E-state index contributed by atoms with van der Waals surface area (Å²) in [5, 5.41) is 9.39. The molecule has 0 saturated carbocycles. The highest BCUT2D eigenvalue weighted by Gasteiger charge is 2.40. The number of hydrogen-bond acceptors (Lipinski definition) is 6. The van der Waals surface area contributed by atoms with Gasteiger partial charge in [0.25, 0.3) is 5.60 Å². The summed E-state index contributed by atoms with van der Waals surface area (Å²) in [6.45, 7) is 7.80. The minimum atomic E-state index is -1.97. The van der Waals surface area contributed by atoms with Crippen molar-refractivity contribution >= 4 is 18.3 Å². The van der Waals surface area contributed by atoms with E-state index in [1.807, 2.05) is 0 Å². The van der Waals surface area contributed by atoms with Crippen molar-refractivity contribution in [3.63, 3.8) is 0 Å². The largest absolute Gasteiger partial charge is 0.485 e. The number of rotatable bonds is 7. The zero-order valence-corrected chi connectivity index (χ0v) is 16.6. The molecule has 1 amide bonds. The van der Waals surface area contributed by atoms with Crippen LogP contribution in [0.2, 0.25) is 0 Å². The molecule has 0 radical (unpaired) electrons. The van der Waals surface area contributed by atoms with E-state index in [1.54, 1.807) is 56.9 Å². The van der Waals surface area contributed by atoms with Crippen LogP contribution in [0.5, 0.6) is 11.5 Å². The Hall–Kier alpha value is -2.77. The van der Waals surface area contributed by atoms with Gasteiger partial charge in [-0.1, -0.05) is 19.1 Å². The molecule has 1 saturated heterocycles. The Morgan fingerprint density at radius 2 is 1.89 bits per heavy atom. The summed E-state index contributed by atoms with van der Waals surface area (Å²) in [6, 6.07) is 6.57. The molecule has 1 unspecified atom stereocenters. The van der Waals surface area contributed by atoms with E-state index in [2.05, 4.69) is 0 Å². The third-order valence-corrected chi connectivity index (χ3v) is 4.31. The summed E-state index contributed by atoms with van der Waals surface area (Å²) in [7, 11) is 0. The number of hydrogen-bond donors (Lipinski definition) is 1. The van der Waals surface area contributed by atoms with Gasteiger partial charge in [-0.3, -0.25) is 4.79 Å². The van der Waals surface area contributed by atoms with Crippen LogP contribution in [0.1, 0.15) is 40.5 Å². The van der Waals surface area contributed by atoms with Crippen LogP contribution in [0.4, 0.5) is 4.79 Å². The smallest absolute Gasteiger partial charge is 0.410 e. The van der Waals surface area contributed by atoms with Crippen LogP contribution in [0.15, 0.2) is 24.3 Å². The van der Waals surface area contributed by atoms with E-state index in [9.17, 15) is 19.5 Å². The highest BCUT2D eigenvalue weighted by atomic mass is 16.6. The molecule has 1 aromatic carbocycles. The molecule has 28 heavy (non-hydrogen) atoms. The van der Waals surface area contributed by atoms with Gasteiger partial charge in [-0.25, -0.2) is 9.59 Å². The zero-order valence-electron chi connectivity index (χ0n) is 16.6. The lowest BCUT2D eigenvalue weighted by molar-refractivity contribution is -0.157. The molecule has 1 N–H and O–H groups in total. The highest BCUT2D eigenvalue weighted by Crippen LogP contribution is 2.33. The molecule has 2 atom stereocenters. The van der Waals surface area contributed by atoms with E-state index in [-0.39, 0.29) is 24.6 Å². The molecule has 8 heteroatoms. The van der Waals surface area contributed by atoms with Gasteiger partial charge in [0.05, 0.1) is 6.54 Å². The van der Waals surface area contributed by atoms with Gasteiger partial charge in [0.2, 0.25) is 0 Å². The van der Waals surface area contributed by atoms with Crippen LogP contribution in [0, 0.1) is 0 Å². The van der Waals surface area contributed by atoms with Gasteiger partial charge in [-0.15, -0.1) is 0 Å². The molecule has 0 aliphatic carbocycles. The van der Waals surface area contributed by atoms with Crippen molar-refractivity contribution in [2.75, 3.05) is 13.1 Å². The van der Waals surface area contributed by atoms with Gasteiger partial charge in [0, 0.05) is 19.4 Å². The molecule has 1 aromatic rings. The van der Waals surface area contributed by atoms with E-state index in [4.69, 9.17) is 14.2 Å². The maximum atomic E-state index is 12.2. The molecule has 0 spiro atoms. The van der Waals surface area contributed by atoms with E-state index >= 15 is 0 Å². The molecule has 0 aromatic heterocycles. The minimum absolute atomic E-state index is 0.0317. The topological polar surface area (TPSA) is 102 Å². The lowest BCUT2D eigenvalue weighted by Crippen LogP contribution is -2.45. The maximum Gasteiger partial charge on any atom is 0.410 e. The molecule has 1 heterocycles. The zero-order chi connectivity index (χ0) is 20.9. The van der Waals surface area contributed by atoms with E-state index in [1.165, 1.54) is 0 Å². The summed E-state index contributed by atoms with van der Waals surface area (Å²) in [4.78, 5) is 36.7. The molecule has 1 fully saturated rings. The second-order valence-corrected chi connectivity index (χ2v) is 7.67. The third-order valence-electron chi connectivity index (χ3n) is 4.31. The summed E-state index contributed by atoms with van der Waals surface area (Å²) in [5.74, 6) is -0.884. The first-order chi connectivity index (χ1) is 13.1. The van der Waals surface area contributed by atoms with Crippen molar-refractivity contribution in [3.8, 4) is 11.5 Å². The van der Waals surface area contributed by atoms with Gasteiger partial charge in [-0.2, -0.15) is 0 Å². The number of aliphatic carboxylic acids is 1. The lowest BCUT2D eigenvalue weighted by Gasteiger charge is -2.26. The van der Waals surface area contributed by atoms with Crippen molar-refractivity contribution in [1.82, 2.24) is 4.90 Å². The van der Waals surface area contributed by atoms with Gasteiger partial charge < -0.3 is 24.2 Å². The van der Waals surface area contributed by atoms with Crippen LogP contribution in [-0.2, 0) is 14.3 Å². The maximum absolute atomic E-state index is 12.2. The number of amides is 1. The van der Waals surface area contributed by atoms with E-state index in [0.717, 1.165) is 0 Å². The van der Waals surface area contributed by atoms with E-state index in [0.29, 0.717) is 25.3 Å². The number of carbonyl (C=O) groups excluding carboxylic acids is 2. The standard InChI is InChI=1S/C20H27NO7/c1-5-20(13-22,17(23)24)27-16-9-7-6-8-15(16)26-14-10-11-21(12-14)18(25)28-19(2,3)4/h6-9,13-14H,5,10-12H2,1-4H3,(H,23,24)/t14-,20?/m0/s1. The van der Waals surface area contributed by atoms with Crippen molar-refractivity contribution < 1.29 is 33.7 Å². The molecule has 1 aliphatic rings. The number of aldehydes is 1. The van der Waals surface area contributed by atoms with Gasteiger partial charge in [-0.05, 0) is 32.9 Å². The first-order valence-electron chi connectivity index (χ1n) is 9.22. The number of likely N-dealkylation sites (tertiary alicyclic amines) is 1. The van der Waals surface area contributed by atoms with Crippen LogP contribution < -0.4 is 9.47 Å². The monoisotopic (exact) mass is 393 g/mol. The second kappa shape index (κ2) is 8.50. The number of para-hydroxylation sites is 2. The normalized spacial score (nSPS) is 18.9. The highest BCUT2D eigenvalue weighted by molar-refractivity contribution is 5.96. The summed E-state index contributed by atoms with van der Waals surface area (Å²) in [6.07, 6.45) is 0.149. The molecular formula is C20H27NO7. The average molecular weight is 393 g/mol. The summed E-state index contributed by atoms with van der Waals surface area (Å²) < 4.78 is 16.9. The fourth-order valence-corrected chi connectivity index (χ4v) is 2.75.